The molecule has 0 aromatic carbocycles. The molecular weight excluding hydrogens is 294 g/mol. The maximum Gasteiger partial charge on any atom is 0.309 e. The summed E-state index contributed by atoms with van der Waals surface area (Å²) in [6.07, 6.45) is 6.47. The third kappa shape index (κ3) is 3.62. The highest BCUT2D eigenvalue weighted by atomic mass is 16.5. The van der Waals surface area contributed by atoms with Crippen molar-refractivity contribution < 1.29 is 14.3 Å². The second-order valence-corrected chi connectivity index (χ2v) is 6.18. The van der Waals surface area contributed by atoms with Crippen molar-refractivity contribution in [1.82, 2.24) is 4.98 Å². The fourth-order valence-corrected chi connectivity index (χ4v) is 3.22. The second-order valence-electron chi connectivity index (χ2n) is 6.18. The fraction of sp³-hybridized carbons (Fsp3) is 0.588. The van der Waals surface area contributed by atoms with E-state index in [1.807, 2.05) is 0 Å². The van der Waals surface area contributed by atoms with Gasteiger partial charge in [0.1, 0.15) is 18.5 Å². The van der Waals surface area contributed by atoms with Gasteiger partial charge in [-0.1, -0.05) is 0 Å². The highest BCUT2D eigenvalue weighted by molar-refractivity contribution is 5.72. The Hall–Kier alpha value is -2.13. The average Bonchev–Trinajstić information content (AvgIpc) is 2.57. The van der Waals surface area contributed by atoms with Crippen molar-refractivity contribution >= 4 is 11.8 Å². The van der Waals surface area contributed by atoms with Gasteiger partial charge in [-0.05, 0) is 44.2 Å². The Balaban J connectivity index is 1.42. The van der Waals surface area contributed by atoms with Crippen LogP contribution < -0.4 is 5.32 Å². The molecule has 3 rings (SSSR count). The predicted octanol–water partition coefficient (Wildman–Crippen LogP) is 2.26. The monoisotopic (exact) mass is 315 g/mol. The second kappa shape index (κ2) is 6.97. The smallest absolute Gasteiger partial charge is 0.309 e. The highest BCUT2D eigenvalue weighted by Gasteiger charge is 2.44. The Morgan fingerprint density at radius 1 is 1.57 bits per heavy atom. The Morgan fingerprint density at radius 2 is 2.43 bits per heavy atom. The van der Waals surface area contributed by atoms with Gasteiger partial charge in [-0.3, -0.25) is 4.79 Å². The number of rotatable bonds is 5. The number of nitrogens with one attached hydrogen (secondary N) is 1. The summed E-state index contributed by atoms with van der Waals surface area (Å²) in [5.41, 5.74) is 0.436. The van der Waals surface area contributed by atoms with Crippen molar-refractivity contribution in [3.63, 3.8) is 0 Å². The van der Waals surface area contributed by atoms with Gasteiger partial charge in [-0.15, -0.1) is 0 Å². The fourth-order valence-electron chi connectivity index (χ4n) is 3.22. The highest BCUT2D eigenvalue weighted by Crippen LogP contribution is 2.44. The van der Waals surface area contributed by atoms with E-state index in [9.17, 15) is 4.79 Å². The van der Waals surface area contributed by atoms with Gasteiger partial charge in [0.05, 0.1) is 23.6 Å². The molecule has 23 heavy (non-hydrogen) atoms. The van der Waals surface area contributed by atoms with Crippen LogP contribution in [0.1, 0.15) is 37.7 Å². The van der Waals surface area contributed by atoms with Crippen LogP contribution in [-0.4, -0.2) is 36.3 Å². The number of hydrogen-bond acceptors (Lipinski definition) is 6. The first kappa shape index (κ1) is 15.8. The maximum atomic E-state index is 12.2. The Bertz CT molecular complexity index is 607. The van der Waals surface area contributed by atoms with E-state index in [2.05, 4.69) is 16.4 Å². The first-order chi connectivity index (χ1) is 11.2. The van der Waals surface area contributed by atoms with E-state index in [4.69, 9.17) is 14.7 Å². The molecule has 1 saturated heterocycles. The van der Waals surface area contributed by atoms with E-state index < -0.39 is 0 Å². The molecule has 1 N–H and O–H groups in total. The van der Waals surface area contributed by atoms with E-state index in [1.54, 1.807) is 18.3 Å². The van der Waals surface area contributed by atoms with Crippen molar-refractivity contribution in [2.24, 2.45) is 5.92 Å². The molecule has 2 fully saturated rings. The summed E-state index contributed by atoms with van der Waals surface area (Å²) in [4.78, 5) is 16.3. The average molecular weight is 315 g/mol. The number of ether oxygens (including phenoxy) is 2. The molecule has 1 saturated carbocycles. The number of aromatic nitrogens is 1. The van der Waals surface area contributed by atoms with Crippen LogP contribution in [0, 0.1) is 17.2 Å². The number of nitrogens with zero attached hydrogens (tertiary/aromatic N) is 2. The number of anilines is 1. The quantitative estimate of drug-likeness (QED) is 0.663. The lowest BCUT2D eigenvalue weighted by Crippen LogP contribution is -2.47. The van der Waals surface area contributed by atoms with E-state index in [1.165, 1.54) is 6.42 Å². The van der Waals surface area contributed by atoms with Crippen LogP contribution in [0.5, 0.6) is 0 Å². The van der Waals surface area contributed by atoms with Gasteiger partial charge in [0.2, 0.25) is 0 Å². The van der Waals surface area contributed by atoms with E-state index in [0.717, 1.165) is 25.7 Å². The third-order valence-corrected chi connectivity index (χ3v) is 4.66. The van der Waals surface area contributed by atoms with Gasteiger partial charge in [-0.25, -0.2) is 4.98 Å². The lowest BCUT2D eigenvalue weighted by Gasteiger charge is -2.46. The van der Waals surface area contributed by atoms with Crippen LogP contribution >= 0.6 is 0 Å². The minimum atomic E-state index is -0.136. The van der Waals surface area contributed by atoms with Crippen LogP contribution in [0.4, 0.5) is 5.82 Å². The molecule has 1 spiro atoms. The van der Waals surface area contributed by atoms with Gasteiger partial charge in [0.15, 0.2) is 0 Å². The summed E-state index contributed by atoms with van der Waals surface area (Å²) < 4.78 is 11.2. The summed E-state index contributed by atoms with van der Waals surface area (Å²) in [6, 6.07) is 5.48. The molecule has 6 heteroatoms. The minimum Gasteiger partial charge on any atom is -0.464 e. The van der Waals surface area contributed by atoms with Crippen LogP contribution in [0.25, 0.3) is 0 Å². The summed E-state index contributed by atoms with van der Waals surface area (Å²) >= 11 is 0. The predicted molar refractivity (Wildman–Crippen MR) is 83.7 cm³/mol. The van der Waals surface area contributed by atoms with E-state index >= 15 is 0 Å². The molecule has 1 aliphatic carbocycles. The minimum absolute atomic E-state index is 0.0458. The molecule has 1 aliphatic heterocycles. The Kier molecular flexibility index (Phi) is 4.77. The summed E-state index contributed by atoms with van der Waals surface area (Å²) in [7, 11) is 0. The molecule has 1 unspecified atom stereocenters. The maximum absolute atomic E-state index is 12.2. The van der Waals surface area contributed by atoms with Crippen LogP contribution in [-0.2, 0) is 14.3 Å². The summed E-state index contributed by atoms with van der Waals surface area (Å²) in [5.74, 6) is 0.335. The molecule has 122 valence electrons. The van der Waals surface area contributed by atoms with Crippen molar-refractivity contribution in [2.45, 2.75) is 37.7 Å². The zero-order chi connectivity index (χ0) is 16.1. The summed E-state index contributed by atoms with van der Waals surface area (Å²) in [5, 5.41) is 12.0. The van der Waals surface area contributed by atoms with Gasteiger partial charge >= 0.3 is 5.97 Å². The van der Waals surface area contributed by atoms with Gasteiger partial charge in [0, 0.05) is 12.8 Å². The molecule has 0 amide bonds. The zero-order valence-corrected chi connectivity index (χ0v) is 13.1. The third-order valence-electron chi connectivity index (χ3n) is 4.66. The van der Waals surface area contributed by atoms with Crippen molar-refractivity contribution in [3.8, 4) is 6.07 Å². The molecule has 2 heterocycles. The first-order valence-corrected chi connectivity index (χ1v) is 8.12. The number of carbonyl (C=O) groups is 1. The lowest BCUT2D eigenvalue weighted by atomic mass is 9.72. The van der Waals surface area contributed by atoms with E-state index in [-0.39, 0.29) is 24.1 Å². The lowest BCUT2D eigenvalue weighted by molar-refractivity contribution is -0.171. The number of carbonyl (C=O) groups excluding carboxylic acids is 1. The zero-order valence-electron chi connectivity index (χ0n) is 13.1. The number of esters is 1. The topological polar surface area (TPSA) is 84.2 Å². The Morgan fingerprint density at radius 3 is 3.17 bits per heavy atom. The molecule has 1 aromatic heterocycles. The van der Waals surface area contributed by atoms with Crippen molar-refractivity contribution in [3.05, 3.63) is 23.9 Å². The van der Waals surface area contributed by atoms with E-state index in [0.29, 0.717) is 24.5 Å². The first-order valence-electron chi connectivity index (χ1n) is 8.12. The van der Waals surface area contributed by atoms with Crippen LogP contribution in [0.2, 0.25) is 0 Å². The van der Waals surface area contributed by atoms with Crippen molar-refractivity contribution in [1.29, 1.82) is 5.26 Å². The molecular formula is C17H21N3O3. The van der Waals surface area contributed by atoms with Crippen molar-refractivity contribution in [2.75, 3.05) is 25.1 Å². The number of pyridine rings is 1. The van der Waals surface area contributed by atoms with Gasteiger partial charge < -0.3 is 14.8 Å². The molecule has 0 radical (unpaired) electrons. The van der Waals surface area contributed by atoms with Gasteiger partial charge in [0.25, 0.3) is 0 Å². The molecule has 6 nitrogen and oxygen atoms in total. The molecule has 1 atom stereocenters. The standard InChI is InChI=1S/C17H21N3O3/c18-12-14-3-1-7-19-15(14)20-8-10-22-16(21)13-4-9-23-17(11-13)5-2-6-17/h1,3,7,13H,2,4-6,8-11H2,(H,19,20). The molecule has 2 aliphatic rings. The SMILES string of the molecule is N#Cc1cccnc1NCCOC(=O)C1CCOC2(CCC2)C1. The largest absolute Gasteiger partial charge is 0.464 e. The molecule has 0 bridgehead atoms. The van der Waals surface area contributed by atoms with Crippen LogP contribution in [0.15, 0.2) is 18.3 Å². The number of nitriles is 1. The van der Waals surface area contributed by atoms with Gasteiger partial charge in [-0.2, -0.15) is 5.26 Å². The molecule has 1 aromatic rings. The van der Waals surface area contributed by atoms with Crippen LogP contribution in [0.3, 0.4) is 0 Å². The normalized spacial score (nSPS) is 22.0. The Labute approximate surface area is 135 Å². The number of hydrogen-bond donors (Lipinski definition) is 1. The summed E-state index contributed by atoms with van der Waals surface area (Å²) in [6.45, 7) is 1.36.